The molecule has 188 valence electrons. The zero-order valence-corrected chi connectivity index (χ0v) is 20.4. The molecule has 36 heavy (non-hydrogen) atoms. The summed E-state index contributed by atoms with van der Waals surface area (Å²) in [7, 11) is 0. The fourth-order valence-corrected chi connectivity index (χ4v) is 3.59. The Labute approximate surface area is 208 Å². The van der Waals surface area contributed by atoms with Gasteiger partial charge in [-0.05, 0) is 24.5 Å². The van der Waals surface area contributed by atoms with E-state index in [9.17, 15) is 29.1 Å². The number of nitrogens with zero attached hydrogens (tertiary/aromatic N) is 2. The van der Waals surface area contributed by atoms with Crippen LogP contribution in [-0.4, -0.2) is 54.5 Å². The summed E-state index contributed by atoms with van der Waals surface area (Å²) in [6, 6.07) is 4.20. The lowest BCUT2D eigenvalue weighted by molar-refractivity contribution is -0.140. The van der Waals surface area contributed by atoms with Gasteiger partial charge in [-0.3, -0.25) is 19.2 Å². The highest BCUT2D eigenvalue weighted by Crippen LogP contribution is 2.19. The van der Waals surface area contributed by atoms with Gasteiger partial charge in [0.15, 0.2) is 0 Å². The van der Waals surface area contributed by atoms with Gasteiger partial charge in [0.2, 0.25) is 5.91 Å². The van der Waals surface area contributed by atoms with Crippen LogP contribution in [0.3, 0.4) is 0 Å². The Hall–Kier alpha value is -4.44. The number of amides is 2. The summed E-state index contributed by atoms with van der Waals surface area (Å²) in [5, 5.41) is 24.6. The first-order chi connectivity index (χ1) is 16.8. The number of aromatic amines is 1. The molecule has 0 fully saturated rings. The van der Waals surface area contributed by atoms with E-state index < -0.39 is 41.3 Å². The lowest BCUT2D eigenvalue weighted by atomic mass is 9.96. The van der Waals surface area contributed by atoms with E-state index >= 15 is 0 Å². The highest BCUT2D eigenvalue weighted by molar-refractivity contribution is 7.10. The van der Waals surface area contributed by atoms with E-state index in [1.165, 1.54) is 23.8 Å². The smallest absolute Gasteiger partial charge is 0.326 e. The van der Waals surface area contributed by atoms with Crippen LogP contribution in [0, 0.1) is 17.4 Å². The van der Waals surface area contributed by atoms with E-state index in [0.717, 1.165) is 15.9 Å². The number of carbonyl (C=O) groups excluding carboxylic acids is 2. The van der Waals surface area contributed by atoms with Gasteiger partial charge in [0.1, 0.15) is 23.8 Å². The number of hydrogen-bond donors (Lipinski definition) is 5. The third kappa shape index (κ3) is 6.36. The number of carboxylic acid groups (broad SMARTS) is 2. The van der Waals surface area contributed by atoms with Crippen LogP contribution in [0.15, 0.2) is 28.6 Å². The molecule has 0 spiro atoms. The number of hydrogen-bond acceptors (Lipinski definition) is 7. The number of aromatic nitrogens is 3. The van der Waals surface area contributed by atoms with Crippen LogP contribution in [0.1, 0.15) is 48.8 Å². The lowest BCUT2D eigenvalue weighted by Gasteiger charge is -2.16. The second-order valence-electron chi connectivity index (χ2n) is 8.80. The molecular weight excluding hydrogens is 490 g/mol. The number of nitrogens with one attached hydrogen (secondary N) is 3. The number of thiophene rings is 1. The van der Waals surface area contributed by atoms with Gasteiger partial charge in [0.05, 0.1) is 15.8 Å². The molecule has 1 atom stereocenters. The van der Waals surface area contributed by atoms with Crippen LogP contribution in [-0.2, 0) is 14.4 Å². The minimum Gasteiger partial charge on any atom is -0.481 e. The van der Waals surface area contributed by atoms with Crippen molar-refractivity contribution < 1.29 is 29.4 Å². The van der Waals surface area contributed by atoms with Crippen molar-refractivity contribution in [2.24, 2.45) is 5.41 Å². The van der Waals surface area contributed by atoms with Crippen LogP contribution in [0.5, 0.6) is 0 Å². The number of aliphatic carboxylic acids is 2. The molecule has 2 amide bonds. The molecule has 3 aromatic rings. The standard InChI is InChI=1S/C23H23N5O7S/c1-23(2,3)22(35)27-16-9-14-18(26-16)24-11-28(20(14)32)7-6-13-8-12(10-36-13)19(31)25-15(21(33)34)4-5-17(29)30/h8-11,15,26H,4-5H2,1-3H3,(H,25,31)(H,27,35)(H,29,30)(H,33,34)/t15-/m0/s1. The molecule has 3 aromatic heterocycles. The quantitative estimate of drug-likeness (QED) is 0.295. The molecule has 0 aliphatic carbocycles. The van der Waals surface area contributed by atoms with Gasteiger partial charge in [-0.2, -0.15) is 0 Å². The number of fused-ring (bicyclic) bond motifs is 1. The van der Waals surface area contributed by atoms with Crippen LogP contribution < -0.4 is 16.2 Å². The molecule has 3 heterocycles. The molecule has 0 saturated heterocycles. The number of carbonyl (C=O) groups is 4. The molecule has 0 aliphatic heterocycles. The maximum atomic E-state index is 12.8. The van der Waals surface area contributed by atoms with E-state index in [-0.39, 0.29) is 28.9 Å². The lowest BCUT2D eigenvalue weighted by Crippen LogP contribution is -2.40. The van der Waals surface area contributed by atoms with Crippen molar-refractivity contribution in [2.75, 3.05) is 5.32 Å². The van der Waals surface area contributed by atoms with Gasteiger partial charge < -0.3 is 25.8 Å². The molecule has 0 bridgehead atoms. The maximum Gasteiger partial charge on any atom is 0.326 e. The van der Waals surface area contributed by atoms with Crippen molar-refractivity contribution in [1.82, 2.24) is 19.9 Å². The minimum atomic E-state index is -1.35. The van der Waals surface area contributed by atoms with Crippen LogP contribution in [0.2, 0.25) is 0 Å². The third-order valence-electron chi connectivity index (χ3n) is 4.89. The maximum absolute atomic E-state index is 12.8. The van der Waals surface area contributed by atoms with Gasteiger partial charge >= 0.3 is 11.9 Å². The first-order valence-corrected chi connectivity index (χ1v) is 11.5. The van der Waals surface area contributed by atoms with Crippen molar-refractivity contribution in [1.29, 1.82) is 0 Å². The van der Waals surface area contributed by atoms with Gasteiger partial charge in [-0.1, -0.05) is 20.8 Å². The molecule has 0 aliphatic rings. The molecule has 12 nitrogen and oxygen atoms in total. The van der Waals surface area contributed by atoms with Crippen LogP contribution >= 0.6 is 11.3 Å². The Morgan fingerprint density at radius 3 is 2.58 bits per heavy atom. The van der Waals surface area contributed by atoms with Gasteiger partial charge in [0.25, 0.3) is 11.5 Å². The predicted molar refractivity (Wildman–Crippen MR) is 131 cm³/mol. The SMILES string of the molecule is CC(C)(C)C(=O)Nc1cc2c(=O)n(C#Cc3cc(C(=O)N[C@@H](CCC(=O)O)C(=O)O)cs3)cnc2[nH]1. The second kappa shape index (κ2) is 10.4. The van der Waals surface area contributed by atoms with Crippen molar-refractivity contribution in [3.63, 3.8) is 0 Å². The number of anilines is 1. The van der Waals surface area contributed by atoms with Crippen molar-refractivity contribution >= 4 is 51.9 Å². The Balaban J connectivity index is 1.76. The van der Waals surface area contributed by atoms with Gasteiger partial charge in [0, 0.05) is 23.3 Å². The summed E-state index contributed by atoms with van der Waals surface area (Å²) in [6.45, 7) is 5.28. The zero-order valence-electron chi connectivity index (χ0n) is 19.5. The van der Waals surface area contributed by atoms with Crippen LogP contribution in [0.25, 0.3) is 11.0 Å². The first-order valence-electron chi connectivity index (χ1n) is 10.6. The summed E-state index contributed by atoms with van der Waals surface area (Å²) in [6.07, 6.45) is 0.563. The number of carboxylic acids is 2. The molecule has 3 rings (SSSR count). The van der Waals surface area contributed by atoms with Gasteiger partial charge in [-0.25, -0.2) is 14.3 Å². The Bertz CT molecular complexity index is 1470. The zero-order chi connectivity index (χ0) is 26.6. The molecule has 0 unspecified atom stereocenters. The van der Waals surface area contributed by atoms with E-state index in [1.54, 1.807) is 20.8 Å². The molecule has 0 radical (unpaired) electrons. The van der Waals surface area contributed by atoms with E-state index in [0.29, 0.717) is 10.7 Å². The summed E-state index contributed by atoms with van der Waals surface area (Å²) in [5.74, 6) is -0.343. The van der Waals surface area contributed by atoms with Crippen molar-refractivity contribution in [2.45, 2.75) is 39.7 Å². The Kier molecular flexibility index (Phi) is 7.59. The Morgan fingerprint density at radius 1 is 1.22 bits per heavy atom. The number of rotatable bonds is 7. The molecule has 0 aromatic carbocycles. The van der Waals surface area contributed by atoms with Crippen molar-refractivity contribution in [3.05, 3.63) is 44.6 Å². The summed E-state index contributed by atoms with van der Waals surface area (Å²) >= 11 is 1.11. The average molecular weight is 514 g/mol. The number of H-pyrrole nitrogens is 1. The Morgan fingerprint density at radius 2 is 1.94 bits per heavy atom. The predicted octanol–water partition coefficient (Wildman–Crippen LogP) is 1.68. The summed E-state index contributed by atoms with van der Waals surface area (Å²) < 4.78 is 1.07. The van der Waals surface area contributed by atoms with Gasteiger partial charge in [-0.15, -0.1) is 11.3 Å². The molecule has 0 saturated carbocycles. The second-order valence-corrected chi connectivity index (χ2v) is 9.71. The fourth-order valence-electron chi connectivity index (χ4n) is 2.87. The van der Waals surface area contributed by atoms with Crippen LogP contribution in [0.4, 0.5) is 5.82 Å². The monoisotopic (exact) mass is 513 g/mol. The highest BCUT2D eigenvalue weighted by Gasteiger charge is 2.23. The third-order valence-corrected chi connectivity index (χ3v) is 5.73. The summed E-state index contributed by atoms with van der Waals surface area (Å²) in [4.78, 5) is 66.8. The van der Waals surface area contributed by atoms with Crippen molar-refractivity contribution in [3.8, 4) is 12.0 Å². The topological polar surface area (TPSA) is 183 Å². The largest absolute Gasteiger partial charge is 0.481 e. The fraction of sp³-hybridized carbons (Fsp3) is 0.304. The van der Waals surface area contributed by atoms with E-state index in [2.05, 4.69) is 32.6 Å². The minimum absolute atomic E-state index is 0.150. The summed E-state index contributed by atoms with van der Waals surface area (Å²) in [5.41, 5.74) is -0.651. The molecule has 5 N–H and O–H groups in total. The molecular formula is C23H23N5O7S. The highest BCUT2D eigenvalue weighted by atomic mass is 32.1. The van der Waals surface area contributed by atoms with E-state index in [1.807, 2.05) is 0 Å². The average Bonchev–Trinajstić information content (AvgIpc) is 3.42. The van der Waals surface area contributed by atoms with E-state index in [4.69, 9.17) is 5.11 Å². The first kappa shape index (κ1) is 26.2. The normalized spacial score (nSPS) is 11.9. The molecule has 13 heteroatoms.